The number of carbonyl (C=O) groups excluding carboxylic acids is 1. The molecule has 0 aliphatic carbocycles. The van der Waals surface area contributed by atoms with E-state index < -0.39 is 0 Å². The van der Waals surface area contributed by atoms with Gasteiger partial charge in [0.05, 0.1) is 12.1 Å². The van der Waals surface area contributed by atoms with Gasteiger partial charge in [-0.25, -0.2) is 4.99 Å². The minimum absolute atomic E-state index is 0. The molecule has 152 valence electrons. The number of nitrogens with one attached hydrogen (secondary N) is 2. The van der Waals surface area contributed by atoms with Gasteiger partial charge in [-0.1, -0.05) is 29.3 Å². The molecule has 2 N–H and O–H groups in total. The summed E-state index contributed by atoms with van der Waals surface area (Å²) in [6.07, 6.45) is 2.26. The molecule has 1 heterocycles. The molecule has 2 unspecified atom stereocenters. The Morgan fingerprint density at radius 2 is 2.15 bits per heavy atom. The van der Waals surface area contributed by atoms with Gasteiger partial charge in [0.15, 0.2) is 5.96 Å². The van der Waals surface area contributed by atoms with E-state index in [-0.39, 0.29) is 48.6 Å². The quantitative estimate of drug-likeness (QED) is 0.337. The number of amides is 1. The van der Waals surface area contributed by atoms with E-state index in [9.17, 15) is 4.79 Å². The molecule has 1 aromatic rings. The van der Waals surface area contributed by atoms with Gasteiger partial charge in [0, 0.05) is 37.3 Å². The first-order chi connectivity index (χ1) is 12.4. The first-order valence-electron chi connectivity index (χ1n) is 8.68. The van der Waals surface area contributed by atoms with Gasteiger partial charge in [-0.2, -0.15) is 0 Å². The van der Waals surface area contributed by atoms with Crippen LogP contribution >= 0.6 is 47.2 Å². The third-order valence-electron chi connectivity index (χ3n) is 4.17. The summed E-state index contributed by atoms with van der Waals surface area (Å²) < 4.78 is 5.63. The Morgan fingerprint density at radius 3 is 2.74 bits per heavy atom. The largest absolute Gasteiger partial charge is 0.376 e. The van der Waals surface area contributed by atoms with Crippen LogP contribution in [0.3, 0.4) is 0 Å². The van der Waals surface area contributed by atoms with Gasteiger partial charge in [-0.15, -0.1) is 24.0 Å². The van der Waals surface area contributed by atoms with Gasteiger partial charge in [0.25, 0.3) is 0 Å². The highest BCUT2D eigenvalue weighted by Crippen LogP contribution is 2.26. The first kappa shape index (κ1) is 24.3. The number of nitrogens with zero attached hydrogens (tertiary/aromatic N) is 2. The highest BCUT2D eigenvalue weighted by atomic mass is 127. The van der Waals surface area contributed by atoms with Crippen molar-refractivity contribution in [2.75, 3.05) is 33.8 Å². The first-order valence-corrected chi connectivity index (χ1v) is 9.44. The smallest absolute Gasteiger partial charge is 0.243 e. The maximum Gasteiger partial charge on any atom is 0.243 e. The maximum atomic E-state index is 11.9. The van der Waals surface area contributed by atoms with E-state index in [1.807, 2.05) is 13.0 Å². The molecule has 1 saturated heterocycles. The molecular weight excluding hydrogens is 502 g/mol. The van der Waals surface area contributed by atoms with E-state index >= 15 is 0 Å². The zero-order valence-corrected chi connectivity index (χ0v) is 19.6. The van der Waals surface area contributed by atoms with Crippen LogP contribution in [0.25, 0.3) is 0 Å². The summed E-state index contributed by atoms with van der Waals surface area (Å²) in [5, 5.41) is 7.73. The Bertz CT molecular complexity index is 652. The molecule has 6 nitrogen and oxygen atoms in total. The monoisotopic (exact) mass is 528 g/mol. The van der Waals surface area contributed by atoms with Crippen LogP contribution in [0, 0.1) is 0 Å². The third-order valence-corrected chi connectivity index (χ3v) is 4.74. The predicted octanol–water partition coefficient (Wildman–Crippen LogP) is 3.47. The second-order valence-electron chi connectivity index (χ2n) is 6.50. The van der Waals surface area contributed by atoms with Crippen LogP contribution in [0.15, 0.2) is 23.2 Å². The molecule has 2 rings (SSSR count). The lowest BCUT2D eigenvalue weighted by molar-refractivity contribution is -0.127. The molecule has 1 amide bonds. The Morgan fingerprint density at radius 1 is 1.41 bits per heavy atom. The molecule has 1 fully saturated rings. The van der Waals surface area contributed by atoms with Crippen LogP contribution in [0.1, 0.15) is 31.4 Å². The number of halogens is 3. The molecule has 0 bridgehead atoms. The van der Waals surface area contributed by atoms with E-state index in [4.69, 9.17) is 27.9 Å². The van der Waals surface area contributed by atoms with Gasteiger partial charge in [0.1, 0.15) is 6.54 Å². The predicted molar refractivity (Wildman–Crippen MR) is 121 cm³/mol. The summed E-state index contributed by atoms with van der Waals surface area (Å²) in [4.78, 5) is 17.8. The van der Waals surface area contributed by atoms with Crippen molar-refractivity contribution in [1.29, 1.82) is 0 Å². The number of aliphatic imine (C=N–C) groups is 1. The summed E-state index contributed by atoms with van der Waals surface area (Å²) in [7, 11) is 3.42. The van der Waals surface area contributed by atoms with Crippen LogP contribution in [0.5, 0.6) is 0 Å². The average Bonchev–Trinajstić information content (AvgIpc) is 3.10. The van der Waals surface area contributed by atoms with Crippen LogP contribution < -0.4 is 10.6 Å². The molecule has 0 saturated carbocycles. The van der Waals surface area contributed by atoms with E-state index in [2.05, 4.69) is 15.6 Å². The Labute approximate surface area is 188 Å². The van der Waals surface area contributed by atoms with Gasteiger partial charge < -0.3 is 20.3 Å². The third kappa shape index (κ3) is 8.01. The number of hydrogen-bond donors (Lipinski definition) is 2. The number of carbonyl (C=O) groups is 1. The lowest BCUT2D eigenvalue weighted by atomic mass is 10.1. The molecule has 0 aromatic heterocycles. The van der Waals surface area contributed by atoms with Crippen molar-refractivity contribution in [2.24, 2.45) is 4.99 Å². The van der Waals surface area contributed by atoms with Gasteiger partial charge >= 0.3 is 0 Å². The summed E-state index contributed by atoms with van der Waals surface area (Å²) in [5.74, 6) is 0.481. The molecule has 0 radical (unpaired) electrons. The summed E-state index contributed by atoms with van der Waals surface area (Å²) in [5.41, 5.74) is 0.904. The fourth-order valence-electron chi connectivity index (χ4n) is 2.59. The van der Waals surface area contributed by atoms with Gasteiger partial charge in [-0.05, 0) is 37.5 Å². The van der Waals surface area contributed by atoms with Crippen molar-refractivity contribution in [3.8, 4) is 0 Å². The van der Waals surface area contributed by atoms with Crippen LogP contribution in [0.4, 0.5) is 0 Å². The van der Waals surface area contributed by atoms with Crippen molar-refractivity contribution < 1.29 is 9.53 Å². The second kappa shape index (κ2) is 11.9. The molecule has 1 aliphatic heterocycles. The fraction of sp³-hybridized carbons (Fsp3) is 0.556. The number of benzene rings is 1. The lowest BCUT2D eigenvalue weighted by Gasteiger charge is -2.21. The normalized spacial score (nSPS) is 17.8. The maximum absolute atomic E-state index is 11.9. The SMILES string of the molecule is CC(NC(=NCC(=O)N(C)C)NCC1CCCO1)c1ccc(Cl)cc1Cl.I. The van der Waals surface area contributed by atoms with Crippen LogP contribution in [-0.4, -0.2) is 56.7 Å². The highest BCUT2D eigenvalue weighted by molar-refractivity contribution is 14.0. The number of guanidine groups is 1. The summed E-state index contributed by atoms with van der Waals surface area (Å²) in [6, 6.07) is 5.28. The van der Waals surface area contributed by atoms with Crippen molar-refractivity contribution >= 4 is 59.0 Å². The van der Waals surface area contributed by atoms with Crippen molar-refractivity contribution in [3.63, 3.8) is 0 Å². The minimum atomic E-state index is -0.107. The van der Waals surface area contributed by atoms with E-state index in [1.165, 1.54) is 4.90 Å². The van der Waals surface area contributed by atoms with Crippen LogP contribution in [-0.2, 0) is 9.53 Å². The van der Waals surface area contributed by atoms with Crippen molar-refractivity contribution in [2.45, 2.75) is 31.9 Å². The number of likely N-dealkylation sites (N-methyl/N-ethyl adjacent to an activating group) is 1. The lowest BCUT2D eigenvalue weighted by Crippen LogP contribution is -2.43. The minimum Gasteiger partial charge on any atom is -0.376 e. The summed E-state index contributed by atoms with van der Waals surface area (Å²) in [6.45, 7) is 3.48. The zero-order chi connectivity index (χ0) is 19.1. The van der Waals surface area contributed by atoms with Crippen molar-refractivity contribution in [3.05, 3.63) is 33.8 Å². The van der Waals surface area contributed by atoms with Crippen LogP contribution in [0.2, 0.25) is 10.0 Å². The fourth-order valence-corrected chi connectivity index (χ4v) is 3.16. The zero-order valence-electron chi connectivity index (χ0n) is 15.8. The van der Waals surface area contributed by atoms with Gasteiger partial charge in [0.2, 0.25) is 5.91 Å². The second-order valence-corrected chi connectivity index (χ2v) is 7.34. The standard InChI is InChI=1S/C18H26Cl2N4O2.HI/c1-12(15-7-6-13(19)9-16(15)20)23-18(22-11-17(25)24(2)3)21-10-14-5-4-8-26-14;/h6-7,9,12,14H,4-5,8,10-11H2,1-3H3,(H2,21,22,23);1H. The van der Waals surface area contributed by atoms with Crippen molar-refractivity contribution in [1.82, 2.24) is 15.5 Å². The highest BCUT2D eigenvalue weighted by Gasteiger charge is 2.17. The molecule has 2 atom stereocenters. The molecule has 1 aromatic carbocycles. The number of hydrogen-bond acceptors (Lipinski definition) is 3. The number of rotatable bonds is 6. The van der Waals surface area contributed by atoms with Gasteiger partial charge in [-0.3, -0.25) is 4.79 Å². The summed E-state index contributed by atoms with van der Waals surface area (Å²) >= 11 is 12.3. The molecule has 1 aliphatic rings. The van der Waals surface area contributed by atoms with E-state index in [0.717, 1.165) is 25.0 Å². The Hall–Kier alpha value is -0.770. The molecule has 27 heavy (non-hydrogen) atoms. The number of ether oxygens (including phenoxy) is 1. The molecule has 0 spiro atoms. The average molecular weight is 529 g/mol. The Kier molecular flexibility index (Phi) is 10.7. The molecule has 9 heteroatoms. The van der Waals surface area contributed by atoms with E-state index in [1.54, 1.807) is 26.2 Å². The molecular formula is C18H27Cl2IN4O2. The Balaban J connectivity index is 0.00000364. The topological polar surface area (TPSA) is 66.0 Å². The van der Waals surface area contributed by atoms with E-state index in [0.29, 0.717) is 22.5 Å².